The predicted octanol–water partition coefficient (Wildman–Crippen LogP) is 4.13. The molecule has 1 fully saturated rings. The van der Waals surface area contributed by atoms with Crippen LogP contribution in [0.25, 0.3) is 0 Å². The van der Waals surface area contributed by atoms with Gasteiger partial charge in [0, 0.05) is 17.5 Å². The lowest BCUT2D eigenvalue weighted by molar-refractivity contribution is 0.0947. The van der Waals surface area contributed by atoms with Gasteiger partial charge in [0.1, 0.15) is 0 Å². The Hall–Kier alpha value is -0.440. The van der Waals surface area contributed by atoms with Crippen molar-refractivity contribution in [3.05, 3.63) is 33.8 Å². The third-order valence-electron chi connectivity index (χ3n) is 3.27. The van der Waals surface area contributed by atoms with E-state index in [1.807, 2.05) is 0 Å². The van der Waals surface area contributed by atoms with Crippen molar-refractivity contribution in [1.29, 1.82) is 0 Å². The van der Waals surface area contributed by atoms with E-state index in [0.29, 0.717) is 28.1 Å². The van der Waals surface area contributed by atoms with Crippen LogP contribution in [0.3, 0.4) is 0 Å². The molecule has 18 heavy (non-hydrogen) atoms. The summed E-state index contributed by atoms with van der Waals surface area (Å²) in [4.78, 5) is 11.9. The highest BCUT2D eigenvalue weighted by Gasteiger charge is 2.25. The standard InChI is InChI=1S/C13H14Cl3NO/c14-10-3-1-2-9(10)7-17-13(18)8-4-5-11(15)12(16)6-8/h4-6,9-10H,1-3,7H2,(H,17,18). The van der Waals surface area contributed by atoms with Crippen LogP contribution in [0.15, 0.2) is 18.2 Å². The first-order valence-electron chi connectivity index (χ1n) is 5.95. The summed E-state index contributed by atoms with van der Waals surface area (Å²) in [5, 5.41) is 3.91. The smallest absolute Gasteiger partial charge is 0.251 e. The summed E-state index contributed by atoms with van der Waals surface area (Å²) in [5.41, 5.74) is 0.522. The van der Waals surface area contributed by atoms with Gasteiger partial charge in [0.05, 0.1) is 10.0 Å². The van der Waals surface area contributed by atoms with E-state index in [1.54, 1.807) is 18.2 Å². The largest absolute Gasteiger partial charge is 0.352 e. The van der Waals surface area contributed by atoms with Crippen molar-refractivity contribution in [1.82, 2.24) is 5.32 Å². The second-order valence-electron chi connectivity index (χ2n) is 4.55. The molecule has 2 unspecified atom stereocenters. The lowest BCUT2D eigenvalue weighted by Gasteiger charge is -2.14. The minimum absolute atomic E-state index is 0.135. The molecule has 1 amide bonds. The summed E-state index contributed by atoms with van der Waals surface area (Å²) in [6.45, 7) is 0.618. The van der Waals surface area contributed by atoms with Crippen LogP contribution in [-0.2, 0) is 0 Å². The van der Waals surface area contributed by atoms with Crippen molar-refractivity contribution < 1.29 is 4.79 Å². The monoisotopic (exact) mass is 305 g/mol. The Morgan fingerprint density at radius 3 is 2.67 bits per heavy atom. The first-order valence-corrected chi connectivity index (χ1v) is 7.14. The van der Waals surface area contributed by atoms with Crippen molar-refractivity contribution in [2.45, 2.75) is 24.6 Å². The molecule has 2 rings (SSSR count). The summed E-state index contributed by atoms with van der Waals surface area (Å²) in [6, 6.07) is 4.86. The van der Waals surface area contributed by atoms with Gasteiger partial charge < -0.3 is 5.32 Å². The average molecular weight is 307 g/mol. The first-order chi connectivity index (χ1) is 8.58. The topological polar surface area (TPSA) is 29.1 Å². The van der Waals surface area contributed by atoms with Crippen LogP contribution in [0.5, 0.6) is 0 Å². The molecule has 0 heterocycles. The average Bonchev–Trinajstić information content (AvgIpc) is 2.75. The van der Waals surface area contributed by atoms with E-state index in [9.17, 15) is 4.79 Å². The number of benzene rings is 1. The van der Waals surface area contributed by atoms with Gasteiger partial charge in [-0.15, -0.1) is 11.6 Å². The molecule has 2 nitrogen and oxygen atoms in total. The van der Waals surface area contributed by atoms with Crippen LogP contribution in [0.4, 0.5) is 0 Å². The van der Waals surface area contributed by atoms with E-state index in [0.717, 1.165) is 19.3 Å². The molecule has 1 aliphatic carbocycles. The summed E-state index contributed by atoms with van der Waals surface area (Å²) in [6.07, 6.45) is 3.26. The van der Waals surface area contributed by atoms with Crippen LogP contribution in [0.1, 0.15) is 29.6 Å². The van der Waals surface area contributed by atoms with Crippen molar-refractivity contribution in [2.24, 2.45) is 5.92 Å². The molecule has 0 aromatic heterocycles. The lowest BCUT2D eigenvalue weighted by Crippen LogP contribution is -2.31. The molecule has 1 aromatic rings. The molecule has 98 valence electrons. The molecule has 0 aliphatic heterocycles. The van der Waals surface area contributed by atoms with Gasteiger partial charge in [-0.2, -0.15) is 0 Å². The number of rotatable bonds is 3. The number of nitrogens with one attached hydrogen (secondary N) is 1. The van der Waals surface area contributed by atoms with E-state index in [-0.39, 0.29) is 11.3 Å². The summed E-state index contributed by atoms with van der Waals surface area (Å²) in [5.74, 6) is 0.239. The highest BCUT2D eigenvalue weighted by Crippen LogP contribution is 2.29. The zero-order valence-corrected chi connectivity index (χ0v) is 12.0. The van der Waals surface area contributed by atoms with E-state index in [4.69, 9.17) is 34.8 Å². The number of carbonyl (C=O) groups excluding carboxylic acids is 1. The lowest BCUT2D eigenvalue weighted by atomic mass is 10.1. The third-order valence-corrected chi connectivity index (χ3v) is 4.59. The highest BCUT2D eigenvalue weighted by molar-refractivity contribution is 6.42. The van der Waals surface area contributed by atoms with Gasteiger partial charge in [0.15, 0.2) is 0 Å². The summed E-state index contributed by atoms with van der Waals surface area (Å²) in [7, 11) is 0. The van der Waals surface area contributed by atoms with Gasteiger partial charge in [0.2, 0.25) is 0 Å². The molecule has 1 aromatic carbocycles. The highest BCUT2D eigenvalue weighted by atomic mass is 35.5. The van der Waals surface area contributed by atoms with E-state index >= 15 is 0 Å². The van der Waals surface area contributed by atoms with Gasteiger partial charge in [-0.05, 0) is 37.0 Å². The third kappa shape index (κ3) is 3.31. The Morgan fingerprint density at radius 1 is 1.28 bits per heavy atom. The fraction of sp³-hybridized carbons (Fsp3) is 0.462. The molecule has 1 aliphatic rings. The Bertz CT molecular complexity index is 450. The number of halogens is 3. The summed E-state index contributed by atoms with van der Waals surface area (Å²) >= 11 is 17.8. The maximum atomic E-state index is 11.9. The zero-order chi connectivity index (χ0) is 13.1. The van der Waals surface area contributed by atoms with Crippen LogP contribution < -0.4 is 5.32 Å². The molecule has 2 atom stereocenters. The van der Waals surface area contributed by atoms with Crippen LogP contribution in [0, 0.1) is 5.92 Å². The Balaban J connectivity index is 1.93. The number of alkyl halides is 1. The van der Waals surface area contributed by atoms with Crippen molar-refractivity contribution in [3.63, 3.8) is 0 Å². The fourth-order valence-electron chi connectivity index (χ4n) is 2.18. The van der Waals surface area contributed by atoms with Crippen LogP contribution in [-0.4, -0.2) is 17.8 Å². The van der Waals surface area contributed by atoms with E-state index < -0.39 is 0 Å². The maximum Gasteiger partial charge on any atom is 0.251 e. The Labute approximate surface area is 122 Å². The number of hydrogen-bond donors (Lipinski definition) is 1. The molecule has 5 heteroatoms. The summed E-state index contributed by atoms with van der Waals surface area (Å²) < 4.78 is 0. The van der Waals surface area contributed by atoms with Crippen molar-refractivity contribution >= 4 is 40.7 Å². The fourth-order valence-corrected chi connectivity index (χ4v) is 2.85. The molecule has 0 saturated heterocycles. The number of hydrogen-bond acceptors (Lipinski definition) is 1. The second-order valence-corrected chi connectivity index (χ2v) is 5.92. The number of carbonyl (C=O) groups is 1. The van der Waals surface area contributed by atoms with Crippen molar-refractivity contribution in [3.8, 4) is 0 Å². The first kappa shape index (κ1) is 14.0. The van der Waals surface area contributed by atoms with Crippen LogP contribution in [0.2, 0.25) is 10.0 Å². The normalized spacial score (nSPS) is 23.1. The van der Waals surface area contributed by atoms with Gasteiger partial charge >= 0.3 is 0 Å². The maximum absolute atomic E-state index is 11.9. The molecular formula is C13H14Cl3NO. The minimum atomic E-state index is -0.135. The Kier molecular flexibility index (Phi) is 4.77. The molecule has 1 N–H and O–H groups in total. The predicted molar refractivity (Wildman–Crippen MR) is 75.8 cm³/mol. The van der Waals surface area contributed by atoms with Gasteiger partial charge in [-0.25, -0.2) is 0 Å². The number of amides is 1. The molecule has 0 bridgehead atoms. The zero-order valence-electron chi connectivity index (χ0n) is 9.76. The molecular weight excluding hydrogens is 293 g/mol. The van der Waals surface area contributed by atoms with E-state index in [2.05, 4.69) is 5.32 Å². The minimum Gasteiger partial charge on any atom is -0.352 e. The molecule has 0 spiro atoms. The SMILES string of the molecule is O=C(NCC1CCCC1Cl)c1ccc(Cl)c(Cl)c1. The Morgan fingerprint density at radius 2 is 2.06 bits per heavy atom. The molecule has 1 saturated carbocycles. The van der Waals surface area contributed by atoms with Crippen molar-refractivity contribution in [2.75, 3.05) is 6.54 Å². The van der Waals surface area contributed by atoms with Crippen LogP contribution >= 0.6 is 34.8 Å². The quantitative estimate of drug-likeness (QED) is 0.836. The van der Waals surface area contributed by atoms with E-state index in [1.165, 1.54) is 0 Å². The second kappa shape index (κ2) is 6.14. The van der Waals surface area contributed by atoms with Gasteiger partial charge in [-0.3, -0.25) is 4.79 Å². The van der Waals surface area contributed by atoms with Gasteiger partial charge in [-0.1, -0.05) is 29.6 Å². The van der Waals surface area contributed by atoms with Gasteiger partial charge in [0.25, 0.3) is 5.91 Å². The molecule has 0 radical (unpaired) electrons.